The lowest BCUT2D eigenvalue weighted by Gasteiger charge is -2.28. The summed E-state index contributed by atoms with van der Waals surface area (Å²) in [5.41, 5.74) is 0.790. The van der Waals surface area contributed by atoms with Crippen molar-refractivity contribution in [3.63, 3.8) is 0 Å². The molecule has 16 heavy (non-hydrogen) atoms. The Morgan fingerprint density at radius 2 is 2.12 bits per heavy atom. The molecule has 1 aromatic heterocycles. The molecule has 3 rings (SSSR count). The standard InChI is InChI=1S/C13H13ClO2/c14-10-4-5-11-9(6-10)7-12(16-11)13(15)8-2-1-3-8/h4-8,13,15H,1-3H2. The zero-order chi connectivity index (χ0) is 11.1. The Morgan fingerprint density at radius 3 is 2.81 bits per heavy atom. The Kier molecular flexibility index (Phi) is 2.41. The van der Waals surface area contributed by atoms with E-state index in [2.05, 4.69) is 0 Å². The number of halogens is 1. The summed E-state index contributed by atoms with van der Waals surface area (Å²) in [5.74, 6) is 1.04. The van der Waals surface area contributed by atoms with Gasteiger partial charge in [0.15, 0.2) is 0 Å². The number of fused-ring (bicyclic) bond motifs is 1. The van der Waals surface area contributed by atoms with E-state index in [-0.39, 0.29) is 0 Å². The van der Waals surface area contributed by atoms with Gasteiger partial charge in [-0.2, -0.15) is 0 Å². The molecule has 1 saturated carbocycles. The molecule has 1 aromatic carbocycles. The van der Waals surface area contributed by atoms with E-state index >= 15 is 0 Å². The first-order valence-corrected chi connectivity index (χ1v) is 5.99. The fraction of sp³-hybridized carbons (Fsp3) is 0.385. The molecule has 0 aliphatic heterocycles. The maximum atomic E-state index is 10.1. The van der Waals surface area contributed by atoms with E-state index in [0.29, 0.717) is 16.7 Å². The zero-order valence-electron chi connectivity index (χ0n) is 8.82. The van der Waals surface area contributed by atoms with Crippen LogP contribution >= 0.6 is 11.6 Å². The van der Waals surface area contributed by atoms with E-state index in [1.165, 1.54) is 6.42 Å². The molecule has 1 atom stereocenters. The molecule has 1 unspecified atom stereocenters. The van der Waals surface area contributed by atoms with Crippen molar-refractivity contribution in [3.05, 3.63) is 35.0 Å². The van der Waals surface area contributed by atoms with E-state index in [4.69, 9.17) is 16.0 Å². The third-order valence-electron chi connectivity index (χ3n) is 3.39. The van der Waals surface area contributed by atoms with E-state index in [0.717, 1.165) is 23.8 Å². The Hall–Kier alpha value is -0.990. The Morgan fingerprint density at radius 1 is 1.31 bits per heavy atom. The fourth-order valence-electron chi connectivity index (χ4n) is 2.17. The van der Waals surface area contributed by atoms with Crippen LogP contribution in [0.15, 0.2) is 28.7 Å². The van der Waals surface area contributed by atoms with Crippen LogP contribution in [0.3, 0.4) is 0 Å². The van der Waals surface area contributed by atoms with Crippen molar-refractivity contribution in [1.82, 2.24) is 0 Å². The van der Waals surface area contributed by atoms with Gasteiger partial charge in [0.25, 0.3) is 0 Å². The molecule has 3 heteroatoms. The molecule has 0 bridgehead atoms. The lowest BCUT2D eigenvalue weighted by molar-refractivity contribution is 0.0457. The van der Waals surface area contributed by atoms with E-state index in [1.807, 2.05) is 18.2 Å². The van der Waals surface area contributed by atoms with Gasteiger partial charge in [0.1, 0.15) is 17.4 Å². The molecule has 0 radical (unpaired) electrons. The second-order valence-corrected chi connectivity index (χ2v) is 4.90. The van der Waals surface area contributed by atoms with Gasteiger partial charge < -0.3 is 9.52 Å². The Bertz CT molecular complexity index is 514. The van der Waals surface area contributed by atoms with Crippen LogP contribution in [0.2, 0.25) is 5.02 Å². The summed E-state index contributed by atoms with van der Waals surface area (Å²) >= 11 is 5.90. The highest BCUT2D eigenvalue weighted by molar-refractivity contribution is 6.31. The van der Waals surface area contributed by atoms with Gasteiger partial charge in [0.05, 0.1) is 0 Å². The number of hydrogen-bond acceptors (Lipinski definition) is 2. The second-order valence-electron chi connectivity index (χ2n) is 4.47. The van der Waals surface area contributed by atoms with Gasteiger partial charge in [0, 0.05) is 10.4 Å². The topological polar surface area (TPSA) is 33.4 Å². The summed E-state index contributed by atoms with van der Waals surface area (Å²) in [6.07, 6.45) is 2.95. The summed E-state index contributed by atoms with van der Waals surface area (Å²) < 4.78 is 5.63. The molecule has 1 heterocycles. The third kappa shape index (κ3) is 1.62. The number of aliphatic hydroxyl groups is 1. The van der Waals surface area contributed by atoms with Crippen LogP contribution in [0, 0.1) is 5.92 Å². The van der Waals surface area contributed by atoms with Crippen LogP contribution in [0.1, 0.15) is 31.1 Å². The monoisotopic (exact) mass is 236 g/mol. The first-order valence-electron chi connectivity index (χ1n) is 5.61. The van der Waals surface area contributed by atoms with E-state index in [1.54, 1.807) is 6.07 Å². The molecular weight excluding hydrogens is 224 g/mol. The molecule has 84 valence electrons. The smallest absolute Gasteiger partial charge is 0.134 e. The largest absolute Gasteiger partial charge is 0.458 e. The third-order valence-corrected chi connectivity index (χ3v) is 3.62. The number of hydrogen-bond donors (Lipinski definition) is 1. The molecule has 0 amide bonds. The average molecular weight is 237 g/mol. The van der Waals surface area contributed by atoms with Gasteiger partial charge in [-0.1, -0.05) is 18.0 Å². The maximum absolute atomic E-state index is 10.1. The molecule has 2 aromatic rings. The molecule has 0 spiro atoms. The summed E-state index contributed by atoms with van der Waals surface area (Å²) in [5, 5.41) is 11.7. The van der Waals surface area contributed by atoms with Crippen LogP contribution in [0.25, 0.3) is 11.0 Å². The van der Waals surface area contributed by atoms with Gasteiger partial charge in [-0.25, -0.2) is 0 Å². The Labute approximate surface area is 98.8 Å². The summed E-state index contributed by atoms with van der Waals surface area (Å²) in [6, 6.07) is 7.39. The minimum Gasteiger partial charge on any atom is -0.458 e. The molecule has 1 aliphatic rings. The Balaban J connectivity index is 1.97. The van der Waals surface area contributed by atoms with Crippen molar-refractivity contribution in [2.45, 2.75) is 25.4 Å². The van der Waals surface area contributed by atoms with Crippen LogP contribution in [0.5, 0.6) is 0 Å². The van der Waals surface area contributed by atoms with Crippen molar-refractivity contribution < 1.29 is 9.52 Å². The van der Waals surface area contributed by atoms with Gasteiger partial charge in [-0.15, -0.1) is 0 Å². The highest BCUT2D eigenvalue weighted by Crippen LogP contribution is 2.39. The van der Waals surface area contributed by atoms with Crippen LogP contribution < -0.4 is 0 Å². The number of aliphatic hydroxyl groups excluding tert-OH is 1. The van der Waals surface area contributed by atoms with Crippen molar-refractivity contribution in [2.75, 3.05) is 0 Å². The van der Waals surface area contributed by atoms with Crippen molar-refractivity contribution in [3.8, 4) is 0 Å². The molecule has 1 aliphatic carbocycles. The average Bonchev–Trinajstić information content (AvgIpc) is 2.57. The van der Waals surface area contributed by atoms with Gasteiger partial charge >= 0.3 is 0 Å². The summed E-state index contributed by atoms with van der Waals surface area (Å²) in [4.78, 5) is 0. The molecule has 1 N–H and O–H groups in total. The lowest BCUT2D eigenvalue weighted by Crippen LogP contribution is -2.19. The summed E-state index contributed by atoms with van der Waals surface area (Å²) in [7, 11) is 0. The first kappa shape index (κ1) is 10.2. The predicted octanol–water partition coefficient (Wildman–Crippen LogP) is 3.92. The summed E-state index contributed by atoms with van der Waals surface area (Å²) in [6.45, 7) is 0. The minimum atomic E-state index is -0.458. The van der Waals surface area contributed by atoms with E-state index < -0.39 is 6.10 Å². The quantitative estimate of drug-likeness (QED) is 0.857. The van der Waals surface area contributed by atoms with Crippen LogP contribution in [-0.2, 0) is 0 Å². The van der Waals surface area contributed by atoms with Gasteiger partial charge in [-0.05, 0) is 43.0 Å². The maximum Gasteiger partial charge on any atom is 0.134 e. The van der Waals surface area contributed by atoms with Crippen molar-refractivity contribution >= 4 is 22.6 Å². The molecular formula is C13H13ClO2. The first-order chi connectivity index (χ1) is 7.74. The van der Waals surface area contributed by atoms with Crippen LogP contribution in [-0.4, -0.2) is 5.11 Å². The molecule has 2 nitrogen and oxygen atoms in total. The van der Waals surface area contributed by atoms with Gasteiger partial charge in [0.2, 0.25) is 0 Å². The highest BCUT2D eigenvalue weighted by atomic mass is 35.5. The molecule has 1 fully saturated rings. The number of rotatable bonds is 2. The normalized spacial score (nSPS) is 18.6. The van der Waals surface area contributed by atoms with Crippen LogP contribution in [0.4, 0.5) is 0 Å². The second kappa shape index (κ2) is 3.79. The minimum absolute atomic E-state index is 0.371. The zero-order valence-corrected chi connectivity index (χ0v) is 9.57. The lowest BCUT2D eigenvalue weighted by atomic mass is 9.80. The predicted molar refractivity (Wildman–Crippen MR) is 63.5 cm³/mol. The van der Waals surface area contributed by atoms with Gasteiger partial charge in [-0.3, -0.25) is 0 Å². The SMILES string of the molecule is OC(c1cc2cc(Cl)ccc2o1)C1CCC1. The fourth-order valence-corrected chi connectivity index (χ4v) is 2.35. The number of benzene rings is 1. The van der Waals surface area contributed by atoms with E-state index in [9.17, 15) is 5.11 Å². The number of furan rings is 1. The van der Waals surface area contributed by atoms with Crippen molar-refractivity contribution in [1.29, 1.82) is 0 Å². The van der Waals surface area contributed by atoms with Crippen molar-refractivity contribution in [2.24, 2.45) is 5.92 Å². The molecule has 0 saturated heterocycles. The highest BCUT2D eigenvalue weighted by Gasteiger charge is 2.29.